The molecular weight excluding hydrogens is 242 g/mol. The third kappa shape index (κ3) is 3.11. The number of hydrogen-bond acceptors (Lipinski definition) is 4. The molecule has 0 radical (unpaired) electrons. The van der Waals surface area contributed by atoms with Crippen LogP contribution < -0.4 is 5.32 Å². The van der Waals surface area contributed by atoms with Crippen LogP contribution in [-0.4, -0.2) is 36.6 Å². The monoisotopic (exact) mass is 267 g/mol. The topological polar surface area (TPSA) is 28.2 Å². The Morgan fingerprint density at radius 1 is 1.39 bits per heavy atom. The number of thiazole rings is 1. The first kappa shape index (κ1) is 14.0. The highest BCUT2D eigenvalue weighted by atomic mass is 32.1. The quantitative estimate of drug-likeness (QED) is 0.909. The molecule has 0 aromatic carbocycles. The fourth-order valence-corrected chi connectivity index (χ4v) is 3.95. The summed E-state index contributed by atoms with van der Waals surface area (Å²) in [6.45, 7) is 10.2. The Hall–Kier alpha value is -0.450. The summed E-state index contributed by atoms with van der Waals surface area (Å²) in [5.41, 5.74) is 1.22. The summed E-state index contributed by atoms with van der Waals surface area (Å²) in [7, 11) is 2.05. The van der Waals surface area contributed by atoms with Crippen LogP contribution in [0.1, 0.15) is 41.4 Å². The largest absolute Gasteiger partial charge is 0.319 e. The van der Waals surface area contributed by atoms with Crippen molar-refractivity contribution in [2.75, 3.05) is 26.7 Å². The number of aryl methyl sites for hydroxylation is 2. The van der Waals surface area contributed by atoms with E-state index in [1.807, 2.05) is 11.3 Å². The van der Waals surface area contributed by atoms with Gasteiger partial charge in [-0.05, 0) is 66.2 Å². The van der Waals surface area contributed by atoms with E-state index in [1.54, 1.807) is 0 Å². The first-order chi connectivity index (χ1) is 8.61. The zero-order valence-electron chi connectivity index (χ0n) is 12.0. The van der Waals surface area contributed by atoms with Gasteiger partial charge < -0.3 is 5.32 Å². The van der Waals surface area contributed by atoms with E-state index >= 15 is 0 Å². The highest BCUT2D eigenvalue weighted by Gasteiger charge is 2.25. The van der Waals surface area contributed by atoms with Crippen molar-refractivity contribution in [1.82, 2.24) is 15.2 Å². The van der Waals surface area contributed by atoms with E-state index in [1.165, 1.54) is 48.1 Å². The van der Waals surface area contributed by atoms with Crippen LogP contribution in [0.4, 0.5) is 0 Å². The number of nitrogens with zero attached hydrogens (tertiary/aromatic N) is 2. The molecule has 2 rings (SSSR count). The lowest BCUT2D eigenvalue weighted by atomic mass is 9.95. The number of rotatable bonds is 4. The van der Waals surface area contributed by atoms with Crippen molar-refractivity contribution < 1.29 is 0 Å². The minimum Gasteiger partial charge on any atom is -0.319 e. The lowest BCUT2D eigenvalue weighted by Gasteiger charge is -2.35. The summed E-state index contributed by atoms with van der Waals surface area (Å²) in [6, 6.07) is 0.534. The average molecular weight is 267 g/mol. The van der Waals surface area contributed by atoms with Gasteiger partial charge in [-0.15, -0.1) is 11.3 Å². The lowest BCUT2D eigenvalue weighted by molar-refractivity contribution is 0.142. The fraction of sp³-hybridized carbons (Fsp3) is 0.786. The van der Waals surface area contributed by atoms with E-state index in [2.05, 4.69) is 43.0 Å². The molecule has 4 heteroatoms. The van der Waals surface area contributed by atoms with Gasteiger partial charge in [0.1, 0.15) is 0 Å². The zero-order valence-corrected chi connectivity index (χ0v) is 12.8. The molecule has 0 amide bonds. The highest BCUT2D eigenvalue weighted by Crippen LogP contribution is 2.31. The molecular formula is C14H25N3S. The average Bonchev–Trinajstić information content (AvgIpc) is 2.69. The Labute approximate surface area is 115 Å². The van der Waals surface area contributed by atoms with Gasteiger partial charge in [0, 0.05) is 10.9 Å². The van der Waals surface area contributed by atoms with Crippen molar-refractivity contribution >= 4 is 11.3 Å². The van der Waals surface area contributed by atoms with Gasteiger partial charge >= 0.3 is 0 Å². The summed E-state index contributed by atoms with van der Waals surface area (Å²) in [5, 5.41) is 4.49. The molecule has 2 heterocycles. The minimum absolute atomic E-state index is 0.534. The van der Waals surface area contributed by atoms with Crippen LogP contribution in [0.25, 0.3) is 0 Å². The standard InChI is InChI=1S/C14H25N3S/c1-10-14(18-12(3)16-10)11(2)17-7-5-13(6-8-17)9-15-4/h11,13,15H,5-9H2,1-4H3. The molecule has 1 unspecified atom stereocenters. The van der Waals surface area contributed by atoms with Crippen molar-refractivity contribution in [2.45, 2.75) is 39.7 Å². The summed E-state index contributed by atoms with van der Waals surface area (Å²) in [5.74, 6) is 0.864. The maximum absolute atomic E-state index is 4.55. The molecule has 1 aliphatic rings. The molecule has 102 valence electrons. The second kappa shape index (κ2) is 6.13. The van der Waals surface area contributed by atoms with Crippen molar-refractivity contribution in [3.63, 3.8) is 0 Å². The van der Waals surface area contributed by atoms with Crippen molar-refractivity contribution in [1.29, 1.82) is 0 Å². The van der Waals surface area contributed by atoms with Crippen LogP contribution >= 0.6 is 11.3 Å². The normalized spacial score (nSPS) is 20.2. The Balaban J connectivity index is 1.95. The molecule has 1 atom stereocenters. The van der Waals surface area contributed by atoms with E-state index in [0.717, 1.165) is 5.92 Å². The van der Waals surface area contributed by atoms with Gasteiger partial charge in [-0.1, -0.05) is 0 Å². The highest BCUT2D eigenvalue weighted by molar-refractivity contribution is 7.11. The van der Waals surface area contributed by atoms with Crippen LogP contribution in [0, 0.1) is 19.8 Å². The van der Waals surface area contributed by atoms with Gasteiger partial charge in [0.2, 0.25) is 0 Å². The summed E-state index contributed by atoms with van der Waals surface area (Å²) >= 11 is 1.86. The Morgan fingerprint density at radius 2 is 2.06 bits per heavy atom. The van der Waals surface area contributed by atoms with Crippen molar-refractivity contribution in [3.8, 4) is 0 Å². The van der Waals surface area contributed by atoms with Crippen LogP contribution in [-0.2, 0) is 0 Å². The van der Waals surface area contributed by atoms with Crippen LogP contribution in [0.15, 0.2) is 0 Å². The molecule has 1 aromatic heterocycles. The summed E-state index contributed by atoms with van der Waals surface area (Å²) in [4.78, 5) is 8.63. The third-order valence-electron chi connectivity index (χ3n) is 4.01. The maximum Gasteiger partial charge on any atom is 0.0900 e. The van der Waals surface area contributed by atoms with E-state index < -0.39 is 0 Å². The molecule has 0 spiro atoms. The van der Waals surface area contributed by atoms with Crippen LogP contribution in [0.5, 0.6) is 0 Å². The van der Waals surface area contributed by atoms with Gasteiger partial charge in [0.25, 0.3) is 0 Å². The number of aromatic nitrogens is 1. The fourth-order valence-electron chi connectivity index (χ4n) is 2.93. The molecule has 0 bridgehead atoms. The molecule has 1 fully saturated rings. The molecule has 3 nitrogen and oxygen atoms in total. The molecule has 1 saturated heterocycles. The number of likely N-dealkylation sites (tertiary alicyclic amines) is 1. The molecule has 1 aromatic rings. The van der Waals surface area contributed by atoms with Gasteiger partial charge in [-0.25, -0.2) is 4.98 Å². The maximum atomic E-state index is 4.55. The van der Waals surface area contributed by atoms with E-state index in [0.29, 0.717) is 6.04 Å². The Bertz CT molecular complexity index is 380. The molecule has 0 aliphatic carbocycles. The number of piperidine rings is 1. The molecule has 1 N–H and O–H groups in total. The first-order valence-corrected chi connectivity index (χ1v) is 7.76. The minimum atomic E-state index is 0.534. The first-order valence-electron chi connectivity index (χ1n) is 6.94. The SMILES string of the molecule is CNCC1CCN(C(C)c2sc(C)nc2C)CC1. The second-order valence-electron chi connectivity index (χ2n) is 5.40. The third-order valence-corrected chi connectivity index (χ3v) is 5.25. The lowest BCUT2D eigenvalue weighted by Crippen LogP contribution is -2.38. The molecule has 0 saturated carbocycles. The number of nitrogens with one attached hydrogen (secondary N) is 1. The molecule has 18 heavy (non-hydrogen) atoms. The predicted molar refractivity (Wildman–Crippen MR) is 78.2 cm³/mol. The van der Waals surface area contributed by atoms with Crippen molar-refractivity contribution in [2.24, 2.45) is 5.92 Å². The van der Waals surface area contributed by atoms with Crippen LogP contribution in [0.2, 0.25) is 0 Å². The summed E-state index contributed by atoms with van der Waals surface area (Å²) < 4.78 is 0. The van der Waals surface area contributed by atoms with E-state index in [4.69, 9.17) is 0 Å². The van der Waals surface area contributed by atoms with Gasteiger partial charge in [0.05, 0.1) is 10.7 Å². The smallest absolute Gasteiger partial charge is 0.0900 e. The number of hydrogen-bond donors (Lipinski definition) is 1. The van der Waals surface area contributed by atoms with E-state index in [-0.39, 0.29) is 0 Å². The van der Waals surface area contributed by atoms with Crippen molar-refractivity contribution in [3.05, 3.63) is 15.6 Å². The van der Waals surface area contributed by atoms with Gasteiger partial charge in [-0.2, -0.15) is 0 Å². The zero-order chi connectivity index (χ0) is 13.1. The van der Waals surface area contributed by atoms with E-state index in [9.17, 15) is 0 Å². The van der Waals surface area contributed by atoms with Crippen LogP contribution in [0.3, 0.4) is 0 Å². The van der Waals surface area contributed by atoms with Gasteiger partial charge in [0.15, 0.2) is 0 Å². The second-order valence-corrected chi connectivity index (χ2v) is 6.63. The predicted octanol–water partition coefficient (Wildman–Crippen LogP) is 2.75. The Kier molecular flexibility index (Phi) is 4.76. The molecule has 1 aliphatic heterocycles. The Morgan fingerprint density at radius 3 is 2.56 bits per heavy atom. The van der Waals surface area contributed by atoms with Gasteiger partial charge in [-0.3, -0.25) is 4.90 Å². The summed E-state index contributed by atoms with van der Waals surface area (Å²) in [6.07, 6.45) is 2.64.